The van der Waals surface area contributed by atoms with Crippen LogP contribution in [0.4, 0.5) is 0 Å². The molecule has 36 heavy (non-hydrogen) atoms. The van der Waals surface area contributed by atoms with E-state index >= 15 is 0 Å². The number of aryl methyl sites for hydroxylation is 2. The number of ether oxygens (including phenoxy) is 1. The fraction of sp³-hybridized carbons (Fsp3) is 0.429. The molecule has 1 unspecified atom stereocenters. The fourth-order valence-electron chi connectivity index (χ4n) is 5.46. The quantitative estimate of drug-likeness (QED) is 0.351. The monoisotopic (exact) mass is 486 g/mol. The second kappa shape index (κ2) is 11.0. The van der Waals surface area contributed by atoms with E-state index in [2.05, 4.69) is 56.6 Å². The van der Waals surface area contributed by atoms with Crippen molar-refractivity contribution in [1.29, 1.82) is 0 Å². The maximum absolute atomic E-state index is 13.1. The van der Waals surface area contributed by atoms with Gasteiger partial charge in [-0.15, -0.1) is 5.10 Å². The number of aromatic amines is 1. The molecule has 0 saturated heterocycles. The zero-order chi connectivity index (χ0) is 24.9. The van der Waals surface area contributed by atoms with Gasteiger partial charge in [-0.1, -0.05) is 50.1 Å². The Morgan fingerprint density at radius 3 is 2.69 bits per heavy atom. The Labute approximate surface area is 211 Å². The van der Waals surface area contributed by atoms with Crippen LogP contribution < -0.4 is 10.3 Å². The lowest BCUT2D eigenvalue weighted by atomic mass is 10.0. The molecule has 1 aliphatic rings. The van der Waals surface area contributed by atoms with Crippen LogP contribution in [0.3, 0.4) is 0 Å². The summed E-state index contributed by atoms with van der Waals surface area (Å²) >= 11 is 0. The van der Waals surface area contributed by atoms with Gasteiger partial charge in [-0.3, -0.25) is 9.69 Å². The summed E-state index contributed by atoms with van der Waals surface area (Å²) in [4.78, 5) is 18.6. The number of rotatable bonds is 10. The van der Waals surface area contributed by atoms with Crippen LogP contribution in [0.1, 0.15) is 62.0 Å². The number of fused-ring (bicyclic) bond motifs is 1. The number of aromatic nitrogens is 5. The normalized spacial score (nSPS) is 15.1. The summed E-state index contributed by atoms with van der Waals surface area (Å²) in [5, 5.41) is 13.8. The van der Waals surface area contributed by atoms with Gasteiger partial charge in [0.05, 0.1) is 13.2 Å². The molecule has 0 radical (unpaired) electrons. The molecule has 0 spiro atoms. The molecule has 1 aliphatic carbocycles. The third kappa shape index (κ3) is 5.18. The third-order valence-corrected chi connectivity index (χ3v) is 7.37. The lowest BCUT2D eigenvalue weighted by Gasteiger charge is -2.35. The number of nitrogens with one attached hydrogen (secondary N) is 1. The van der Waals surface area contributed by atoms with E-state index in [0.717, 1.165) is 60.3 Å². The Morgan fingerprint density at radius 1 is 1.14 bits per heavy atom. The van der Waals surface area contributed by atoms with Crippen molar-refractivity contribution < 1.29 is 4.74 Å². The predicted octanol–water partition coefficient (Wildman–Crippen LogP) is 4.66. The number of hydrogen-bond donors (Lipinski definition) is 1. The number of tetrazole rings is 1. The zero-order valence-electron chi connectivity index (χ0n) is 21.1. The fourth-order valence-corrected chi connectivity index (χ4v) is 5.46. The van der Waals surface area contributed by atoms with Crippen molar-refractivity contribution in [3.8, 4) is 5.75 Å². The number of pyridine rings is 1. The Morgan fingerprint density at radius 2 is 1.94 bits per heavy atom. The number of hydrogen-bond acceptors (Lipinski definition) is 6. The van der Waals surface area contributed by atoms with Gasteiger partial charge < -0.3 is 9.72 Å². The second-order valence-electron chi connectivity index (χ2n) is 9.61. The molecule has 1 N–H and O–H groups in total. The van der Waals surface area contributed by atoms with Gasteiger partial charge in [-0.25, -0.2) is 4.68 Å². The van der Waals surface area contributed by atoms with Crippen LogP contribution in [-0.2, 0) is 19.5 Å². The first-order valence-corrected chi connectivity index (χ1v) is 12.9. The lowest BCUT2D eigenvalue weighted by molar-refractivity contribution is 0.112. The van der Waals surface area contributed by atoms with Crippen LogP contribution in [0.15, 0.2) is 59.4 Å². The van der Waals surface area contributed by atoms with Crippen LogP contribution in [0.2, 0.25) is 0 Å². The SMILES string of the molecule is CCC(c1nnnn1CCc1ccccc1)N(Cc1cc2cc(OC)ccc2[nH]c1=O)C1CCCC1. The number of nitrogens with zero attached hydrogens (tertiary/aromatic N) is 5. The van der Waals surface area contributed by atoms with Crippen molar-refractivity contribution in [2.75, 3.05) is 7.11 Å². The smallest absolute Gasteiger partial charge is 0.252 e. The molecule has 2 heterocycles. The topological polar surface area (TPSA) is 88.9 Å². The Balaban J connectivity index is 1.45. The summed E-state index contributed by atoms with van der Waals surface area (Å²) in [6, 6.07) is 18.6. The highest BCUT2D eigenvalue weighted by Gasteiger charge is 2.32. The van der Waals surface area contributed by atoms with E-state index in [1.807, 2.05) is 35.0 Å². The predicted molar refractivity (Wildman–Crippen MR) is 140 cm³/mol. The minimum absolute atomic E-state index is 0.0271. The van der Waals surface area contributed by atoms with Gasteiger partial charge >= 0.3 is 0 Å². The summed E-state index contributed by atoms with van der Waals surface area (Å²) in [6.45, 7) is 3.45. The Hall–Kier alpha value is -3.52. The minimum Gasteiger partial charge on any atom is -0.497 e. The van der Waals surface area contributed by atoms with Gasteiger partial charge in [-0.05, 0) is 65.9 Å². The maximum Gasteiger partial charge on any atom is 0.252 e. The standard InChI is InChI=1S/C28H34N6O2/c1-3-26(27-30-31-32-34(27)16-15-20-9-5-4-6-10-20)33(23-11-7-8-12-23)19-22-17-21-18-24(36-2)13-14-25(21)29-28(22)35/h4-6,9-10,13-14,17-18,23,26H,3,7-8,11-12,15-16,19H2,1-2H3,(H,29,35). The van der Waals surface area contributed by atoms with Crippen molar-refractivity contribution in [3.63, 3.8) is 0 Å². The van der Waals surface area contributed by atoms with Crippen LogP contribution in [0.5, 0.6) is 5.75 Å². The second-order valence-corrected chi connectivity index (χ2v) is 9.61. The first kappa shape index (κ1) is 24.2. The first-order valence-electron chi connectivity index (χ1n) is 12.9. The molecule has 0 amide bonds. The van der Waals surface area contributed by atoms with Crippen molar-refractivity contribution in [2.24, 2.45) is 0 Å². The van der Waals surface area contributed by atoms with Gasteiger partial charge in [0.25, 0.3) is 5.56 Å². The molecular formula is C28H34N6O2. The minimum atomic E-state index is -0.0470. The molecule has 188 valence electrons. The van der Waals surface area contributed by atoms with E-state index in [-0.39, 0.29) is 11.6 Å². The van der Waals surface area contributed by atoms with Gasteiger partial charge in [0.2, 0.25) is 0 Å². The molecule has 1 atom stereocenters. The molecule has 8 heteroatoms. The van der Waals surface area contributed by atoms with Gasteiger partial charge in [0.15, 0.2) is 5.82 Å². The largest absolute Gasteiger partial charge is 0.497 e. The number of H-pyrrole nitrogens is 1. The van der Waals surface area contributed by atoms with Crippen LogP contribution in [0.25, 0.3) is 10.9 Å². The summed E-state index contributed by atoms with van der Waals surface area (Å²) < 4.78 is 7.34. The highest BCUT2D eigenvalue weighted by atomic mass is 16.5. The summed E-state index contributed by atoms with van der Waals surface area (Å²) in [5.41, 5.74) is 2.78. The molecule has 0 aliphatic heterocycles. The van der Waals surface area contributed by atoms with E-state index in [1.165, 1.54) is 18.4 Å². The van der Waals surface area contributed by atoms with Gasteiger partial charge in [-0.2, -0.15) is 0 Å². The first-order chi connectivity index (χ1) is 17.7. The van der Waals surface area contributed by atoms with Crippen molar-refractivity contribution >= 4 is 10.9 Å². The van der Waals surface area contributed by atoms with Crippen LogP contribution in [0, 0.1) is 0 Å². The Kier molecular flexibility index (Phi) is 7.41. The van der Waals surface area contributed by atoms with E-state index in [9.17, 15) is 4.79 Å². The maximum atomic E-state index is 13.1. The van der Waals surface area contributed by atoms with Gasteiger partial charge in [0.1, 0.15) is 5.75 Å². The molecular weight excluding hydrogens is 452 g/mol. The number of methoxy groups -OCH3 is 1. The van der Waals surface area contributed by atoms with E-state index < -0.39 is 0 Å². The average molecular weight is 487 g/mol. The van der Waals surface area contributed by atoms with Crippen molar-refractivity contribution in [2.45, 2.75) is 70.6 Å². The van der Waals surface area contributed by atoms with Crippen molar-refractivity contribution in [3.05, 3.63) is 81.9 Å². The van der Waals surface area contributed by atoms with Crippen LogP contribution >= 0.6 is 0 Å². The van der Waals surface area contributed by atoms with Crippen molar-refractivity contribution in [1.82, 2.24) is 30.1 Å². The zero-order valence-corrected chi connectivity index (χ0v) is 21.1. The number of benzene rings is 2. The molecule has 2 aromatic heterocycles. The third-order valence-electron chi connectivity index (χ3n) is 7.37. The molecule has 8 nitrogen and oxygen atoms in total. The van der Waals surface area contributed by atoms with E-state index in [0.29, 0.717) is 12.6 Å². The summed E-state index contributed by atoms with van der Waals surface area (Å²) in [6.07, 6.45) is 6.40. The summed E-state index contributed by atoms with van der Waals surface area (Å²) in [5.74, 6) is 1.65. The van der Waals surface area contributed by atoms with E-state index in [4.69, 9.17) is 4.74 Å². The molecule has 5 rings (SSSR count). The summed E-state index contributed by atoms with van der Waals surface area (Å²) in [7, 11) is 1.66. The van der Waals surface area contributed by atoms with Crippen LogP contribution in [-0.4, -0.2) is 43.2 Å². The lowest BCUT2D eigenvalue weighted by Crippen LogP contribution is -2.39. The average Bonchev–Trinajstić information content (AvgIpc) is 3.61. The molecule has 1 saturated carbocycles. The molecule has 1 fully saturated rings. The van der Waals surface area contributed by atoms with Gasteiger partial charge in [0, 0.05) is 35.6 Å². The highest BCUT2D eigenvalue weighted by Crippen LogP contribution is 2.33. The Bertz CT molecular complexity index is 1340. The molecule has 4 aromatic rings. The molecule has 2 aromatic carbocycles. The van der Waals surface area contributed by atoms with E-state index in [1.54, 1.807) is 7.11 Å². The highest BCUT2D eigenvalue weighted by molar-refractivity contribution is 5.80. The molecule has 0 bridgehead atoms.